The lowest BCUT2D eigenvalue weighted by molar-refractivity contribution is -0.155. The van der Waals surface area contributed by atoms with E-state index in [9.17, 15) is 9.18 Å². The number of hydrogen-bond donors (Lipinski definition) is 0. The van der Waals surface area contributed by atoms with Crippen molar-refractivity contribution >= 4 is 5.97 Å². The Labute approximate surface area is 206 Å². The number of carbonyl (C=O) groups excluding carboxylic acids is 1. The van der Waals surface area contributed by atoms with Gasteiger partial charge in [-0.15, -0.1) is 0 Å². The van der Waals surface area contributed by atoms with Crippen LogP contribution >= 0.6 is 0 Å². The van der Waals surface area contributed by atoms with Gasteiger partial charge in [0.15, 0.2) is 5.82 Å². The maximum atomic E-state index is 14.9. The number of aryl methyl sites for hydroxylation is 5. The Balaban J connectivity index is 1.46. The third-order valence-electron chi connectivity index (χ3n) is 6.12. The number of aromatic nitrogens is 5. The first kappa shape index (κ1) is 24.9. The Morgan fingerprint density at radius 2 is 1.89 bits per heavy atom. The number of nitrogens with zero attached hydrogens (tertiary/aromatic N) is 5. The molecule has 0 bridgehead atoms. The molecule has 0 amide bonds. The Hall–Kier alpha value is -3.16. The van der Waals surface area contributed by atoms with Gasteiger partial charge in [-0.05, 0) is 84.3 Å². The maximum Gasteiger partial charge on any atom is 0.308 e. The van der Waals surface area contributed by atoms with Crippen molar-refractivity contribution < 1.29 is 13.9 Å². The summed E-state index contributed by atoms with van der Waals surface area (Å²) in [7, 11) is 0. The van der Waals surface area contributed by atoms with E-state index in [2.05, 4.69) is 27.2 Å². The summed E-state index contributed by atoms with van der Waals surface area (Å²) in [5.41, 5.74) is 4.07. The van der Waals surface area contributed by atoms with Gasteiger partial charge >= 0.3 is 5.97 Å². The topological polar surface area (TPSA) is 82.8 Å². The van der Waals surface area contributed by atoms with Crippen molar-refractivity contribution in [2.24, 2.45) is 0 Å². The molecular formula is C27H34FN5O2. The standard InChI is InChI=1S/C27H34FN5O2/c1-18-29-15-20(16-30-18)25(14-26(34)35-27(2,3)4)33-17-22(28)24(32-33)11-7-9-21-13-12-19-8-5-6-10-23(19)31-21/h12-13,15-17,25H,5-11,14H2,1-4H3/t25-/m1/s1. The first-order valence-electron chi connectivity index (χ1n) is 12.4. The molecule has 0 fully saturated rings. The van der Waals surface area contributed by atoms with E-state index in [-0.39, 0.29) is 18.2 Å². The van der Waals surface area contributed by atoms with E-state index in [1.54, 1.807) is 19.3 Å². The SMILES string of the molecule is Cc1ncc([C@@H](CC(=O)OC(C)(C)C)n2cc(F)c(CCCc3ccc4c(n3)CCCC4)n2)cn1. The molecule has 1 aliphatic rings. The third kappa shape index (κ3) is 6.71. The normalized spacial score (nSPS) is 14.4. The lowest BCUT2D eigenvalue weighted by atomic mass is 9.95. The van der Waals surface area contributed by atoms with Crippen LogP contribution < -0.4 is 0 Å². The number of ether oxygens (including phenoxy) is 1. The minimum absolute atomic E-state index is 0.00327. The Kier molecular flexibility index (Phi) is 7.57. The number of pyridine rings is 1. The fraction of sp³-hybridized carbons (Fsp3) is 0.519. The summed E-state index contributed by atoms with van der Waals surface area (Å²) in [6.07, 6.45) is 11.2. The van der Waals surface area contributed by atoms with Crippen molar-refractivity contribution in [3.05, 3.63) is 70.6 Å². The van der Waals surface area contributed by atoms with Crippen LogP contribution in [0.25, 0.3) is 0 Å². The van der Waals surface area contributed by atoms with Crippen molar-refractivity contribution in [1.29, 1.82) is 0 Å². The predicted molar refractivity (Wildman–Crippen MR) is 130 cm³/mol. The minimum Gasteiger partial charge on any atom is -0.460 e. The molecule has 4 rings (SSSR count). The van der Waals surface area contributed by atoms with Crippen LogP contribution in [0, 0.1) is 12.7 Å². The van der Waals surface area contributed by atoms with Crippen molar-refractivity contribution in [2.45, 2.75) is 90.7 Å². The molecule has 8 heteroatoms. The fourth-order valence-corrected chi connectivity index (χ4v) is 4.42. The van der Waals surface area contributed by atoms with Crippen molar-refractivity contribution in [3.63, 3.8) is 0 Å². The first-order valence-corrected chi connectivity index (χ1v) is 12.4. The number of esters is 1. The summed E-state index contributed by atoms with van der Waals surface area (Å²) in [6, 6.07) is 3.72. The van der Waals surface area contributed by atoms with E-state index in [1.165, 1.54) is 35.0 Å². The number of rotatable bonds is 8. The molecular weight excluding hydrogens is 445 g/mol. The Bertz CT molecular complexity index is 1170. The highest BCUT2D eigenvalue weighted by Crippen LogP contribution is 2.25. The molecule has 0 spiro atoms. The summed E-state index contributed by atoms with van der Waals surface area (Å²) in [4.78, 5) is 25.9. The third-order valence-corrected chi connectivity index (χ3v) is 6.12. The van der Waals surface area contributed by atoms with Crippen molar-refractivity contribution in [3.8, 4) is 0 Å². The van der Waals surface area contributed by atoms with Crippen LogP contribution in [0.15, 0.2) is 30.7 Å². The molecule has 0 radical (unpaired) electrons. The van der Waals surface area contributed by atoms with Crippen LogP contribution in [-0.4, -0.2) is 36.3 Å². The quantitative estimate of drug-likeness (QED) is 0.428. The second-order valence-corrected chi connectivity index (χ2v) is 10.2. The van der Waals surface area contributed by atoms with Crippen LogP contribution in [0.4, 0.5) is 4.39 Å². The highest BCUT2D eigenvalue weighted by molar-refractivity contribution is 5.71. The van der Waals surface area contributed by atoms with Gasteiger partial charge < -0.3 is 4.74 Å². The van der Waals surface area contributed by atoms with Gasteiger partial charge in [0.1, 0.15) is 11.4 Å². The highest BCUT2D eigenvalue weighted by Gasteiger charge is 2.25. The summed E-state index contributed by atoms with van der Waals surface area (Å²) in [5.74, 6) is -0.155. The van der Waals surface area contributed by atoms with Gasteiger partial charge in [0.05, 0.1) is 24.4 Å². The van der Waals surface area contributed by atoms with E-state index in [4.69, 9.17) is 9.72 Å². The van der Waals surface area contributed by atoms with Crippen molar-refractivity contribution in [2.75, 3.05) is 0 Å². The largest absolute Gasteiger partial charge is 0.460 e. The van der Waals surface area contributed by atoms with Gasteiger partial charge in [0, 0.05) is 29.3 Å². The van der Waals surface area contributed by atoms with E-state index in [0.29, 0.717) is 23.5 Å². The molecule has 7 nitrogen and oxygen atoms in total. The summed E-state index contributed by atoms with van der Waals surface area (Å²) in [5, 5.41) is 4.52. The van der Waals surface area contributed by atoms with E-state index >= 15 is 0 Å². The molecule has 3 heterocycles. The van der Waals surface area contributed by atoms with Crippen molar-refractivity contribution in [1.82, 2.24) is 24.7 Å². The van der Waals surface area contributed by atoms with Gasteiger partial charge in [-0.1, -0.05) is 6.07 Å². The fourth-order valence-electron chi connectivity index (χ4n) is 4.42. The van der Waals surface area contributed by atoms with E-state index in [1.807, 2.05) is 20.8 Å². The highest BCUT2D eigenvalue weighted by atomic mass is 19.1. The van der Waals surface area contributed by atoms with Gasteiger partial charge in [0.25, 0.3) is 0 Å². The zero-order chi connectivity index (χ0) is 25.0. The molecule has 0 saturated heterocycles. The second-order valence-electron chi connectivity index (χ2n) is 10.2. The smallest absolute Gasteiger partial charge is 0.308 e. The number of halogens is 1. The van der Waals surface area contributed by atoms with Crippen LogP contribution in [0.2, 0.25) is 0 Å². The van der Waals surface area contributed by atoms with E-state index < -0.39 is 11.6 Å². The average Bonchev–Trinajstić information content (AvgIpc) is 3.17. The summed E-state index contributed by atoms with van der Waals surface area (Å²) in [6.45, 7) is 7.24. The summed E-state index contributed by atoms with van der Waals surface area (Å²) < 4.78 is 21.9. The van der Waals surface area contributed by atoms with Crippen LogP contribution in [0.1, 0.15) is 86.5 Å². The lowest BCUT2D eigenvalue weighted by Gasteiger charge is -2.22. The molecule has 0 N–H and O–H groups in total. The molecule has 186 valence electrons. The number of carbonyl (C=O) groups is 1. The zero-order valence-electron chi connectivity index (χ0n) is 21.1. The molecule has 1 aliphatic carbocycles. The maximum absolute atomic E-state index is 14.9. The van der Waals surface area contributed by atoms with E-state index in [0.717, 1.165) is 31.4 Å². The molecule has 35 heavy (non-hydrogen) atoms. The predicted octanol–water partition coefficient (Wildman–Crippen LogP) is 4.89. The molecule has 0 aliphatic heterocycles. The zero-order valence-corrected chi connectivity index (χ0v) is 21.1. The Morgan fingerprint density at radius 1 is 1.14 bits per heavy atom. The van der Waals surface area contributed by atoms with Gasteiger partial charge in [0.2, 0.25) is 0 Å². The molecule has 3 aromatic heterocycles. The molecule has 0 unspecified atom stereocenters. The lowest BCUT2D eigenvalue weighted by Crippen LogP contribution is -2.26. The van der Waals surface area contributed by atoms with Gasteiger partial charge in [-0.25, -0.2) is 14.4 Å². The average molecular weight is 480 g/mol. The molecule has 0 aromatic carbocycles. The first-order chi connectivity index (χ1) is 16.7. The molecule has 1 atom stereocenters. The summed E-state index contributed by atoms with van der Waals surface area (Å²) >= 11 is 0. The van der Waals surface area contributed by atoms with Crippen LogP contribution in [0.3, 0.4) is 0 Å². The van der Waals surface area contributed by atoms with Gasteiger partial charge in [-0.3, -0.25) is 14.5 Å². The number of fused-ring (bicyclic) bond motifs is 1. The minimum atomic E-state index is -0.614. The second kappa shape index (κ2) is 10.6. The van der Waals surface area contributed by atoms with Gasteiger partial charge in [-0.2, -0.15) is 5.10 Å². The van der Waals surface area contributed by atoms with Crippen LogP contribution in [0.5, 0.6) is 0 Å². The Morgan fingerprint density at radius 3 is 2.63 bits per heavy atom. The van der Waals surface area contributed by atoms with Crippen LogP contribution in [-0.2, 0) is 35.2 Å². The molecule has 0 saturated carbocycles. The monoisotopic (exact) mass is 479 g/mol. The number of hydrogen-bond acceptors (Lipinski definition) is 6. The molecule has 3 aromatic rings.